The van der Waals surface area contributed by atoms with E-state index in [4.69, 9.17) is 30.7 Å². The molecule has 0 aliphatic heterocycles. The molecule has 58 heavy (non-hydrogen) atoms. The third-order valence-corrected chi connectivity index (χ3v) is 12.5. The van der Waals surface area contributed by atoms with E-state index >= 15 is 0 Å². The summed E-state index contributed by atoms with van der Waals surface area (Å²) in [5.41, 5.74) is 9.83. The normalized spacial score (nSPS) is 23.5. The van der Waals surface area contributed by atoms with Gasteiger partial charge in [0.2, 0.25) is 0 Å². The van der Waals surface area contributed by atoms with Crippen molar-refractivity contribution in [1.82, 2.24) is 20.9 Å². The maximum absolute atomic E-state index is 11.8. The van der Waals surface area contributed by atoms with Gasteiger partial charge in [0.05, 0.1) is 11.4 Å². The zero-order valence-corrected chi connectivity index (χ0v) is 40.4. The third kappa shape index (κ3) is 22.3. The molecule has 3 aliphatic carbocycles. The van der Waals surface area contributed by atoms with Crippen LogP contribution in [-0.2, 0) is 14.3 Å². The molecule has 0 radical (unpaired) electrons. The molecular weight excluding hydrogens is 790 g/mol. The average Bonchev–Trinajstić information content (AvgIpc) is 3.82. The largest absolute Gasteiger partial charge is 0.444 e. The Morgan fingerprint density at radius 1 is 0.776 bits per heavy atom. The van der Waals surface area contributed by atoms with Crippen LogP contribution in [0.3, 0.4) is 0 Å². The predicted octanol–water partition coefficient (Wildman–Crippen LogP) is 9.62. The zero-order chi connectivity index (χ0) is 43.0. The number of terminal acetylenes is 1. The summed E-state index contributed by atoms with van der Waals surface area (Å²) in [6.07, 6.45) is 19.1. The summed E-state index contributed by atoms with van der Waals surface area (Å²) < 4.78 is 20.9. The number of aldehydes is 1. The van der Waals surface area contributed by atoms with Crippen LogP contribution in [0, 0.1) is 17.9 Å². The number of carbonyl (C=O) groups is 3. The second-order valence-electron chi connectivity index (χ2n) is 19.9. The molecule has 12 nitrogen and oxygen atoms in total. The molecule has 0 saturated heterocycles. The fourth-order valence-corrected chi connectivity index (χ4v) is 7.46. The molecule has 2 aromatic heterocycles. The Balaban J connectivity index is 0.000000419. The smallest absolute Gasteiger partial charge is 0.407 e. The van der Waals surface area contributed by atoms with E-state index in [0.717, 1.165) is 100 Å². The molecule has 2 amide bonds. The van der Waals surface area contributed by atoms with Crippen molar-refractivity contribution in [1.29, 1.82) is 0 Å². The second-order valence-corrected chi connectivity index (χ2v) is 29.7. The first-order chi connectivity index (χ1) is 26.4. The van der Waals surface area contributed by atoms with Gasteiger partial charge in [-0.2, -0.15) is 0 Å². The van der Waals surface area contributed by atoms with Crippen molar-refractivity contribution in [2.24, 2.45) is 11.7 Å². The zero-order valence-electron chi connectivity index (χ0n) is 37.6. The number of hydrogen-bond acceptors (Lipinski definition) is 10. The number of carbonyl (C=O) groups excluding carboxylic acids is 3. The number of ether oxygens (including phenoxy) is 2. The van der Waals surface area contributed by atoms with Crippen LogP contribution < -0.4 is 21.8 Å². The van der Waals surface area contributed by atoms with Crippen LogP contribution in [0.4, 0.5) is 9.59 Å². The van der Waals surface area contributed by atoms with Crippen LogP contribution >= 0.6 is 12.4 Å². The highest BCUT2D eigenvalue weighted by atomic mass is 35.5. The summed E-state index contributed by atoms with van der Waals surface area (Å²) in [5, 5.41) is 15.1. The van der Waals surface area contributed by atoms with Crippen LogP contribution in [0.1, 0.15) is 142 Å². The number of amides is 2. The summed E-state index contributed by atoms with van der Waals surface area (Å²) >= 11 is 0. The molecule has 0 atom stereocenters. The highest BCUT2D eigenvalue weighted by molar-refractivity contribution is 6.87. The Hall–Kier alpha value is -3.13. The van der Waals surface area contributed by atoms with E-state index in [1.807, 2.05) is 47.6 Å². The number of nitrogens with two attached hydrogens (primary N) is 1. The number of halogens is 1. The van der Waals surface area contributed by atoms with Gasteiger partial charge in [-0.1, -0.05) is 49.6 Å². The fourth-order valence-electron chi connectivity index (χ4n) is 6.56. The van der Waals surface area contributed by atoms with Gasteiger partial charge in [-0.05, 0) is 125 Å². The summed E-state index contributed by atoms with van der Waals surface area (Å²) in [4.78, 5) is 33.9. The van der Waals surface area contributed by atoms with Crippen molar-refractivity contribution >= 4 is 52.4 Å². The van der Waals surface area contributed by atoms with Gasteiger partial charge in [-0.25, -0.2) is 9.59 Å². The SMILES string of the molecule is C#C[Si](C)(C)C.CC(C)(C)OC(=O)NC1CCC(C=O)CC1.CC(C)(C)OC(=O)NC1CCC(c2cc([Si](C)(C)C)on2)CC1.Cl.NC1CCC(c2ccon2)CC1. The molecule has 0 spiro atoms. The first kappa shape index (κ1) is 52.9. The quantitative estimate of drug-likeness (QED) is 0.144. The van der Waals surface area contributed by atoms with E-state index in [1.54, 1.807) is 6.26 Å². The first-order valence-corrected chi connectivity index (χ1v) is 27.9. The van der Waals surface area contributed by atoms with Gasteiger partial charge in [0.1, 0.15) is 45.3 Å². The molecule has 15 heteroatoms. The van der Waals surface area contributed by atoms with E-state index in [9.17, 15) is 14.4 Å². The summed E-state index contributed by atoms with van der Waals surface area (Å²) in [6, 6.07) is 4.88. The lowest BCUT2D eigenvalue weighted by Gasteiger charge is -2.29. The molecule has 2 heterocycles. The van der Waals surface area contributed by atoms with Crippen LogP contribution in [0.5, 0.6) is 0 Å². The minimum atomic E-state index is -1.44. The van der Waals surface area contributed by atoms with Gasteiger partial charge in [0, 0.05) is 41.9 Å². The van der Waals surface area contributed by atoms with E-state index < -0.39 is 27.3 Å². The van der Waals surface area contributed by atoms with Gasteiger partial charge in [-0.15, -0.1) is 24.4 Å². The summed E-state index contributed by atoms with van der Waals surface area (Å²) in [7, 11) is -2.54. The Morgan fingerprint density at radius 3 is 1.57 bits per heavy atom. The Labute approximate surface area is 357 Å². The van der Waals surface area contributed by atoms with Crippen molar-refractivity contribution in [3.05, 3.63) is 29.8 Å². The van der Waals surface area contributed by atoms with Crippen molar-refractivity contribution < 1.29 is 32.9 Å². The van der Waals surface area contributed by atoms with E-state index in [2.05, 4.69) is 71.8 Å². The van der Waals surface area contributed by atoms with Gasteiger partial charge in [-0.3, -0.25) is 0 Å². The van der Waals surface area contributed by atoms with Crippen molar-refractivity contribution in [2.75, 3.05) is 0 Å². The number of hydrogen-bond donors (Lipinski definition) is 3. The molecule has 4 N–H and O–H groups in total. The third-order valence-electron chi connectivity index (χ3n) is 9.90. The maximum atomic E-state index is 11.8. The molecule has 0 aromatic carbocycles. The van der Waals surface area contributed by atoms with E-state index in [1.165, 1.54) is 0 Å². The Bertz CT molecular complexity index is 1510. The Morgan fingerprint density at radius 2 is 1.21 bits per heavy atom. The monoisotopic (exact) mass is 865 g/mol. The standard InChI is InChI=1S/C17H30N2O3Si.C12H21NO3.C9H14N2O.C5H10Si.ClH/c1-17(2,3)21-16(20)18-13-9-7-12(8-10-13)14-11-15(22-19-14)23(4,5)6;1-12(2,3)16-11(15)13-10-6-4-9(8-14)5-7-10;10-8-3-1-7(2-4-8)9-5-6-12-11-9;1-5-6(2,3)4;/h11-13H,7-10H2,1-6H3,(H,18,20);8-10H,4-7H2,1-3H3,(H,13,15);5-8H,1-4,10H2;1H,2-4H3;1H. The van der Waals surface area contributed by atoms with Crippen molar-refractivity contribution in [3.63, 3.8) is 0 Å². The topological polar surface area (TPSA) is 172 Å². The number of nitrogens with zero attached hydrogens (tertiary/aromatic N) is 2. The number of alkyl carbamates (subject to hydrolysis) is 2. The second kappa shape index (κ2) is 24.2. The molecule has 0 unspecified atom stereocenters. The van der Waals surface area contributed by atoms with Gasteiger partial charge < -0.3 is 39.7 Å². The lowest BCUT2D eigenvalue weighted by atomic mass is 9.84. The van der Waals surface area contributed by atoms with Crippen LogP contribution in [0.25, 0.3) is 0 Å². The molecule has 330 valence electrons. The van der Waals surface area contributed by atoms with Crippen LogP contribution in [0.15, 0.2) is 27.4 Å². The lowest BCUT2D eigenvalue weighted by molar-refractivity contribution is -0.111. The van der Waals surface area contributed by atoms with Crippen molar-refractivity contribution in [2.45, 2.75) is 199 Å². The van der Waals surface area contributed by atoms with Crippen LogP contribution in [0.2, 0.25) is 39.3 Å². The molecule has 3 aliphatic rings. The summed E-state index contributed by atoms with van der Waals surface area (Å²) in [6.45, 7) is 24.4. The molecule has 2 aromatic rings. The van der Waals surface area contributed by atoms with Crippen LogP contribution in [-0.4, -0.2) is 74.3 Å². The van der Waals surface area contributed by atoms with Gasteiger partial charge in [0.15, 0.2) is 0 Å². The van der Waals surface area contributed by atoms with Crippen molar-refractivity contribution in [3.8, 4) is 12.0 Å². The highest BCUT2D eigenvalue weighted by Crippen LogP contribution is 2.33. The van der Waals surface area contributed by atoms with E-state index in [0.29, 0.717) is 17.9 Å². The number of rotatable bonds is 6. The fraction of sp³-hybridized carbons (Fsp3) is 0.744. The minimum absolute atomic E-state index is 0. The minimum Gasteiger partial charge on any atom is -0.444 e. The van der Waals surface area contributed by atoms with Gasteiger partial charge in [0.25, 0.3) is 0 Å². The molecule has 3 fully saturated rings. The average molecular weight is 867 g/mol. The molecule has 0 bridgehead atoms. The predicted molar refractivity (Wildman–Crippen MR) is 240 cm³/mol. The highest BCUT2D eigenvalue weighted by Gasteiger charge is 2.30. The summed E-state index contributed by atoms with van der Waals surface area (Å²) in [5.74, 6) is 1.21. The van der Waals surface area contributed by atoms with Gasteiger partial charge >= 0.3 is 12.2 Å². The number of nitrogens with one attached hydrogen (secondary N) is 2. The first-order valence-electron chi connectivity index (χ1n) is 20.9. The maximum Gasteiger partial charge on any atom is 0.407 e. The number of aromatic nitrogens is 2. The molecular formula is C43H76ClN5O7Si2. The molecule has 3 saturated carbocycles. The molecule has 5 rings (SSSR count). The lowest BCUT2D eigenvalue weighted by Crippen LogP contribution is -2.41. The van der Waals surface area contributed by atoms with E-state index in [-0.39, 0.29) is 42.6 Å². The Kier molecular flexibility index (Phi) is 22.1.